The van der Waals surface area contributed by atoms with Gasteiger partial charge in [-0.2, -0.15) is 26.3 Å². The highest BCUT2D eigenvalue weighted by molar-refractivity contribution is 5.89. The molecule has 1 saturated heterocycles. The summed E-state index contributed by atoms with van der Waals surface area (Å²) in [5, 5.41) is 5.44. The van der Waals surface area contributed by atoms with E-state index in [0.29, 0.717) is 31.6 Å². The summed E-state index contributed by atoms with van der Waals surface area (Å²) in [6, 6.07) is 2.85. The van der Waals surface area contributed by atoms with Gasteiger partial charge in [0, 0.05) is 37.4 Å². The number of aromatic nitrogens is 2. The molecule has 2 N–H and O–H groups in total. The number of piperazine rings is 1. The molecular weight excluding hydrogens is 468 g/mol. The van der Waals surface area contributed by atoms with Gasteiger partial charge in [-0.1, -0.05) is 0 Å². The summed E-state index contributed by atoms with van der Waals surface area (Å²) >= 11 is 0. The van der Waals surface area contributed by atoms with Crippen molar-refractivity contribution in [2.24, 2.45) is 5.92 Å². The van der Waals surface area contributed by atoms with Crippen molar-refractivity contribution in [3.63, 3.8) is 0 Å². The number of amides is 1. The van der Waals surface area contributed by atoms with Crippen molar-refractivity contribution in [3.05, 3.63) is 35.5 Å². The number of halogens is 6. The number of cyclic esters (lactones) is 1. The molecule has 0 radical (unpaired) electrons. The van der Waals surface area contributed by atoms with Gasteiger partial charge in [-0.15, -0.1) is 0 Å². The van der Waals surface area contributed by atoms with Crippen LogP contribution in [0.5, 0.6) is 0 Å². The highest BCUT2D eigenvalue weighted by Crippen LogP contribution is 2.46. The Labute approximate surface area is 189 Å². The number of hydrogen-bond acceptors (Lipinski definition) is 6. The summed E-state index contributed by atoms with van der Waals surface area (Å²) < 4.78 is 86.9. The second-order valence-corrected chi connectivity index (χ2v) is 8.51. The normalized spacial score (nSPS) is 23.2. The zero-order chi connectivity index (χ0) is 24.3. The number of carbonyl (C=O) groups is 1. The van der Waals surface area contributed by atoms with Crippen LogP contribution in [0.25, 0.3) is 11.3 Å². The fourth-order valence-electron chi connectivity index (χ4n) is 4.36. The number of alkyl halides is 6. The van der Waals surface area contributed by atoms with Crippen molar-refractivity contribution < 1.29 is 35.9 Å². The van der Waals surface area contributed by atoms with E-state index in [4.69, 9.17) is 0 Å². The minimum Gasteiger partial charge on any atom is -0.431 e. The van der Waals surface area contributed by atoms with Gasteiger partial charge in [-0.3, -0.25) is 5.32 Å². The van der Waals surface area contributed by atoms with Crippen molar-refractivity contribution >= 4 is 17.7 Å². The number of fused-ring (bicyclic) bond motifs is 1. The molecule has 0 aromatic carbocycles. The summed E-state index contributed by atoms with van der Waals surface area (Å²) in [5.41, 5.74) is -2.21. The molecule has 2 atom stereocenters. The second-order valence-electron chi connectivity index (χ2n) is 8.51. The molecule has 2 fully saturated rings. The van der Waals surface area contributed by atoms with Gasteiger partial charge < -0.3 is 15.0 Å². The van der Waals surface area contributed by atoms with Crippen LogP contribution in [-0.4, -0.2) is 47.9 Å². The number of carbonyl (C=O) groups excluding carboxylic acids is 1. The minimum atomic E-state index is -5.01. The second kappa shape index (κ2) is 8.00. The Balaban J connectivity index is 1.63. The highest BCUT2D eigenvalue weighted by Gasteiger charge is 2.49. The van der Waals surface area contributed by atoms with E-state index in [1.165, 1.54) is 0 Å². The molecule has 2 aliphatic heterocycles. The van der Waals surface area contributed by atoms with Crippen LogP contribution in [0.4, 0.5) is 42.8 Å². The number of nitrogens with zero attached hydrogens (tertiary/aromatic N) is 3. The Morgan fingerprint density at radius 2 is 1.88 bits per heavy atom. The molecule has 3 aliphatic rings. The third-order valence-corrected chi connectivity index (χ3v) is 6.13. The number of hydrogen-bond donors (Lipinski definition) is 2. The number of pyridine rings is 2. The van der Waals surface area contributed by atoms with Gasteiger partial charge in [-0.25, -0.2) is 14.8 Å². The molecule has 7 nitrogen and oxygen atoms in total. The van der Waals surface area contributed by atoms with E-state index in [9.17, 15) is 31.1 Å². The molecule has 5 rings (SSSR count). The zero-order valence-electron chi connectivity index (χ0n) is 17.5. The third kappa shape index (κ3) is 4.36. The molecule has 13 heteroatoms. The Morgan fingerprint density at radius 1 is 1.12 bits per heavy atom. The molecule has 182 valence electrons. The quantitative estimate of drug-likeness (QED) is 0.621. The van der Waals surface area contributed by atoms with Gasteiger partial charge in [-0.05, 0) is 37.0 Å². The number of nitrogens with one attached hydrogen (secondary N) is 2. The lowest BCUT2D eigenvalue weighted by Gasteiger charge is -2.35. The van der Waals surface area contributed by atoms with Crippen LogP contribution in [0.15, 0.2) is 24.4 Å². The van der Waals surface area contributed by atoms with E-state index >= 15 is 0 Å². The van der Waals surface area contributed by atoms with Crippen molar-refractivity contribution in [2.45, 2.75) is 37.3 Å². The van der Waals surface area contributed by atoms with Gasteiger partial charge in [0.2, 0.25) is 6.10 Å². The molecule has 2 aromatic rings. The van der Waals surface area contributed by atoms with Crippen molar-refractivity contribution in [1.82, 2.24) is 15.3 Å². The predicted molar refractivity (Wildman–Crippen MR) is 108 cm³/mol. The average molecular weight is 487 g/mol. The average Bonchev–Trinajstić information content (AvgIpc) is 3.62. The molecule has 0 spiro atoms. The van der Waals surface area contributed by atoms with Crippen molar-refractivity contribution in [1.29, 1.82) is 0 Å². The van der Waals surface area contributed by atoms with E-state index in [1.807, 2.05) is 0 Å². The molecular formula is C21H19F6N5O2. The maximum Gasteiger partial charge on any atom is 0.430 e. The molecule has 2 unspecified atom stereocenters. The Hall–Kier alpha value is -3.09. The standard InChI is InChI=1S/C21H19F6N5O2/c22-20(23,24)11-7-13(30-15(8-11)32-6-5-28-14(9-32)10-1-2-10)12-3-4-29-18-16(12)17(21(25,26)27)34-19(33)31-18/h3-4,7-8,10,14,17,28H,1-2,5-6,9H2,(H,29,31,33). The molecule has 4 heterocycles. The summed E-state index contributed by atoms with van der Waals surface area (Å²) in [6.45, 7) is 1.39. The molecule has 1 amide bonds. The summed E-state index contributed by atoms with van der Waals surface area (Å²) in [7, 11) is 0. The third-order valence-electron chi connectivity index (χ3n) is 6.13. The Kier molecular flexibility index (Phi) is 5.34. The minimum absolute atomic E-state index is 0.0202. The fraction of sp³-hybridized carbons (Fsp3) is 0.476. The fourth-order valence-corrected chi connectivity index (χ4v) is 4.36. The monoisotopic (exact) mass is 487 g/mol. The lowest BCUT2D eigenvalue weighted by Crippen LogP contribution is -2.52. The first kappa shape index (κ1) is 22.7. The van der Waals surface area contributed by atoms with Gasteiger partial charge in [0.05, 0.1) is 16.8 Å². The summed E-state index contributed by atoms with van der Waals surface area (Å²) in [6.07, 6.45) is -10.6. The largest absolute Gasteiger partial charge is 0.431 e. The molecule has 1 aliphatic carbocycles. The van der Waals surface area contributed by atoms with E-state index in [2.05, 4.69) is 25.3 Å². The smallest absolute Gasteiger partial charge is 0.430 e. The Bertz CT molecular complexity index is 1120. The maximum atomic E-state index is 13.8. The van der Waals surface area contributed by atoms with E-state index < -0.39 is 41.5 Å². The number of rotatable bonds is 3. The van der Waals surface area contributed by atoms with Gasteiger partial charge in [0.25, 0.3) is 0 Å². The molecule has 34 heavy (non-hydrogen) atoms. The van der Waals surface area contributed by atoms with Gasteiger partial charge in [0.1, 0.15) is 11.6 Å². The van der Waals surface area contributed by atoms with E-state index in [1.54, 1.807) is 4.90 Å². The molecule has 2 aromatic heterocycles. The first-order valence-corrected chi connectivity index (χ1v) is 10.6. The lowest BCUT2D eigenvalue weighted by molar-refractivity contribution is -0.206. The summed E-state index contributed by atoms with van der Waals surface area (Å²) in [4.78, 5) is 21.4. The van der Waals surface area contributed by atoms with Crippen LogP contribution < -0.4 is 15.5 Å². The van der Waals surface area contributed by atoms with Crippen LogP contribution in [-0.2, 0) is 10.9 Å². The van der Waals surface area contributed by atoms with Gasteiger partial charge >= 0.3 is 18.4 Å². The molecule has 0 bridgehead atoms. The lowest BCUT2D eigenvalue weighted by atomic mass is 9.98. The predicted octanol–water partition coefficient (Wildman–Crippen LogP) is 4.52. The zero-order valence-corrected chi connectivity index (χ0v) is 17.5. The SMILES string of the molecule is O=C1Nc2nccc(-c3cc(C(F)(F)F)cc(N4CCNC(C5CC5)C4)n3)c2C(C(F)(F)F)O1. The topological polar surface area (TPSA) is 79.4 Å². The van der Waals surface area contributed by atoms with Crippen LogP contribution in [0.1, 0.15) is 30.1 Å². The first-order valence-electron chi connectivity index (χ1n) is 10.6. The van der Waals surface area contributed by atoms with Crippen LogP contribution in [0, 0.1) is 5.92 Å². The molecule has 1 saturated carbocycles. The number of anilines is 2. The maximum absolute atomic E-state index is 13.8. The highest BCUT2D eigenvalue weighted by atomic mass is 19.4. The van der Waals surface area contributed by atoms with E-state index in [0.717, 1.165) is 31.2 Å². The van der Waals surface area contributed by atoms with Crippen molar-refractivity contribution in [2.75, 3.05) is 29.9 Å². The van der Waals surface area contributed by atoms with Crippen LogP contribution in [0.3, 0.4) is 0 Å². The van der Waals surface area contributed by atoms with Crippen LogP contribution >= 0.6 is 0 Å². The Morgan fingerprint density at radius 3 is 2.56 bits per heavy atom. The van der Waals surface area contributed by atoms with E-state index in [-0.39, 0.29) is 23.1 Å². The summed E-state index contributed by atoms with van der Waals surface area (Å²) in [5.74, 6) is 0.0354. The number of ether oxygens (including phenoxy) is 1. The van der Waals surface area contributed by atoms with Crippen molar-refractivity contribution in [3.8, 4) is 11.3 Å². The van der Waals surface area contributed by atoms with Crippen LogP contribution in [0.2, 0.25) is 0 Å². The first-order chi connectivity index (χ1) is 16.0. The van der Waals surface area contributed by atoms with Gasteiger partial charge in [0.15, 0.2) is 0 Å².